The maximum Gasteiger partial charge on any atom is 0.255 e. The number of amides is 1. The van der Waals surface area contributed by atoms with Gasteiger partial charge in [-0.25, -0.2) is 0 Å². The maximum atomic E-state index is 12.1. The molecule has 0 spiro atoms. The summed E-state index contributed by atoms with van der Waals surface area (Å²) < 4.78 is 5.56. The summed E-state index contributed by atoms with van der Waals surface area (Å²) in [5.74, 6) is 0.610. The molecule has 20 heavy (non-hydrogen) atoms. The number of carbonyl (C=O) groups is 1. The molecular weight excluding hydrogens is 254 g/mol. The van der Waals surface area contributed by atoms with E-state index in [2.05, 4.69) is 5.32 Å². The minimum absolute atomic E-state index is 0.0606. The highest BCUT2D eigenvalue weighted by Gasteiger charge is 2.08. The van der Waals surface area contributed by atoms with Crippen molar-refractivity contribution >= 4 is 11.6 Å². The second kappa shape index (κ2) is 6.10. The molecule has 0 aromatic heterocycles. The fourth-order valence-electron chi connectivity index (χ4n) is 1.73. The highest BCUT2D eigenvalue weighted by molar-refractivity contribution is 6.04. The molecule has 2 rings (SSSR count). The van der Waals surface area contributed by atoms with Crippen molar-refractivity contribution in [3.63, 3.8) is 0 Å². The lowest BCUT2D eigenvalue weighted by atomic mass is 10.2. The van der Waals surface area contributed by atoms with Crippen molar-refractivity contribution in [3.05, 3.63) is 54.1 Å². The first-order valence-electron chi connectivity index (χ1n) is 6.41. The van der Waals surface area contributed by atoms with Crippen molar-refractivity contribution in [2.24, 2.45) is 0 Å². The van der Waals surface area contributed by atoms with Gasteiger partial charge in [-0.2, -0.15) is 0 Å². The largest absolute Gasteiger partial charge is 0.508 e. The number of anilines is 1. The van der Waals surface area contributed by atoms with E-state index in [0.29, 0.717) is 17.0 Å². The van der Waals surface area contributed by atoms with Gasteiger partial charge in [0.25, 0.3) is 5.91 Å². The van der Waals surface area contributed by atoms with Crippen molar-refractivity contribution in [1.29, 1.82) is 0 Å². The molecule has 0 fully saturated rings. The first-order valence-corrected chi connectivity index (χ1v) is 6.41. The average molecular weight is 271 g/mol. The van der Waals surface area contributed by atoms with Crippen molar-refractivity contribution in [2.45, 2.75) is 20.0 Å². The Balaban J connectivity index is 2.10. The molecule has 2 aromatic carbocycles. The van der Waals surface area contributed by atoms with Crippen LogP contribution < -0.4 is 10.1 Å². The van der Waals surface area contributed by atoms with Crippen molar-refractivity contribution in [3.8, 4) is 11.5 Å². The van der Waals surface area contributed by atoms with E-state index in [1.165, 1.54) is 12.1 Å². The number of benzene rings is 2. The van der Waals surface area contributed by atoms with Crippen molar-refractivity contribution in [2.75, 3.05) is 5.32 Å². The Hall–Kier alpha value is -2.49. The smallest absolute Gasteiger partial charge is 0.255 e. The van der Waals surface area contributed by atoms with Gasteiger partial charge in [0.05, 0.1) is 6.10 Å². The first-order chi connectivity index (χ1) is 9.54. The van der Waals surface area contributed by atoms with Crippen LogP contribution in [0.25, 0.3) is 0 Å². The SMILES string of the molecule is CC(C)Oc1cccc(C(=O)Nc2ccc(O)cc2)c1. The average Bonchev–Trinajstić information content (AvgIpc) is 2.41. The van der Waals surface area contributed by atoms with Crippen LogP contribution in [0.2, 0.25) is 0 Å². The van der Waals surface area contributed by atoms with Crippen LogP contribution in [0.1, 0.15) is 24.2 Å². The number of phenols is 1. The topological polar surface area (TPSA) is 58.6 Å². The van der Waals surface area contributed by atoms with Crippen LogP contribution in [0, 0.1) is 0 Å². The summed E-state index contributed by atoms with van der Waals surface area (Å²) in [6.07, 6.45) is 0.0606. The molecule has 0 aliphatic carbocycles. The third-order valence-electron chi connectivity index (χ3n) is 2.59. The molecule has 0 unspecified atom stereocenters. The molecule has 104 valence electrons. The van der Waals surface area contributed by atoms with E-state index in [1.807, 2.05) is 19.9 Å². The van der Waals surface area contributed by atoms with Crippen LogP contribution >= 0.6 is 0 Å². The van der Waals surface area contributed by atoms with Crippen LogP contribution in [0.3, 0.4) is 0 Å². The van der Waals surface area contributed by atoms with Gasteiger partial charge in [0, 0.05) is 11.3 Å². The summed E-state index contributed by atoms with van der Waals surface area (Å²) in [5, 5.41) is 12.0. The Morgan fingerprint density at radius 3 is 2.50 bits per heavy atom. The molecule has 4 nitrogen and oxygen atoms in total. The fourth-order valence-corrected chi connectivity index (χ4v) is 1.73. The molecule has 2 aromatic rings. The quantitative estimate of drug-likeness (QED) is 0.837. The molecule has 0 saturated carbocycles. The number of carbonyl (C=O) groups excluding carboxylic acids is 1. The molecule has 0 bridgehead atoms. The molecule has 0 radical (unpaired) electrons. The van der Waals surface area contributed by atoms with E-state index in [4.69, 9.17) is 4.74 Å². The molecule has 2 N–H and O–H groups in total. The Bertz CT molecular complexity index is 591. The summed E-state index contributed by atoms with van der Waals surface area (Å²) in [4.78, 5) is 12.1. The minimum atomic E-state index is -0.218. The van der Waals surface area contributed by atoms with Crippen molar-refractivity contribution < 1.29 is 14.6 Å². The lowest BCUT2D eigenvalue weighted by molar-refractivity contribution is 0.102. The molecule has 0 aliphatic rings. The molecular formula is C16H17NO3. The van der Waals surface area contributed by atoms with Crippen LogP contribution in [-0.2, 0) is 0 Å². The predicted octanol–water partition coefficient (Wildman–Crippen LogP) is 3.43. The van der Waals surface area contributed by atoms with E-state index in [9.17, 15) is 9.90 Å². The van der Waals surface area contributed by atoms with Crippen LogP contribution in [0.15, 0.2) is 48.5 Å². The highest BCUT2D eigenvalue weighted by atomic mass is 16.5. The zero-order valence-electron chi connectivity index (χ0n) is 11.5. The Labute approximate surface area is 118 Å². The zero-order valence-corrected chi connectivity index (χ0v) is 11.5. The number of rotatable bonds is 4. The van der Waals surface area contributed by atoms with Crippen molar-refractivity contribution in [1.82, 2.24) is 0 Å². The van der Waals surface area contributed by atoms with Gasteiger partial charge in [-0.1, -0.05) is 6.07 Å². The number of hydrogen-bond donors (Lipinski definition) is 2. The third-order valence-corrected chi connectivity index (χ3v) is 2.59. The van der Waals surface area contributed by atoms with E-state index < -0.39 is 0 Å². The monoisotopic (exact) mass is 271 g/mol. The van der Waals surface area contributed by atoms with Gasteiger partial charge in [0.1, 0.15) is 11.5 Å². The molecule has 0 heterocycles. The number of hydrogen-bond acceptors (Lipinski definition) is 3. The predicted molar refractivity (Wildman–Crippen MR) is 78.3 cm³/mol. The summed E-state index contributed by atoms with van der Waals surface area (Å²) in [7, 11) is 0. The van der Waals surface area contributed by atoms with E-state index in [-0.39, 0.29) is 17.8 Å². The zero-order chi connectivity index (χ0) is 14.5. The third kappa shape index (κ3) is 3.75. The lowest BCUT2D eigenvalue weighted by Crippen LogP contribution is -2.12. The molecule has 0 saturated heterocycles. The summed E-state index contributed by atoms with van der Waals surface area (Å²) in [6, 6.07) is 13.4. The molecule has 4 heteroatoms. The summed E-state index contributed by atoms with van der Waals surface area (Å²) in [6.45, 7) is 3.87. The maximum absolute atomic E-state index is 12.1. The first kappa shape index (κ1) is 13.9. The number of ether oxygens (including phenoxy) is 1. The van der Waals surface area contributed by atoms with Gasteiger partial charge in [0.2, 0.25) is 0 Å². The van der Waals surface area contributed by atoms with Gasteiger partial charge in [0.15, 0.2) is 0 Å². The van der Waals surface area contributed by atoms with Crippen LogP contribution in [0.5, 0.6) is 11.5 Å². The fraction of sp³-hybridized carbons (Fsp3) is 0.188. The van der Waals surface area contributed by atoms with Gasteiger partial charge in [-0.15, -0.1) is 0 Å². The van der Waals surface area contributed by atoms with E-state index >= 15 is 0 Å². The Morgan fingerprint density at radius 2 is 1.85 bits per heavy atom. The molecule has 1 amide bonds. The number of aromatic hydroxyl groups is 1. The van der Waals surface area contributed by atoms with Gasteiger partial charge >= 0.3 is 0 Å². The highest BCUT2D eigenvalue weighted by Crippen LogP contribution is 2.18. The standard InChI is InChI=1S/C16H17NO3/c1-11(2)20-15-5-3-4-12(10-15)16(19)17-13-6-8-14(18)9-7-13/h3-11,18H,1-2H3,(H,17,19). The number of nitrogens with one attached hydrogen (secondary N) is 1. The van der Waals surface area contributed by atoms with Crippen LogP contribution in [0.4, 0.5) is 5.69 Å². The second-order valence-corrected chi connectivity index (χ2v) is 4.70. The van der Waals surface area contributed by atoms with Gasteiger partial charge in [-0.3, -0.25) is 4.79 Å². The molecule has 0 atom stereocenters. The van der Waals surface area contributed by atoms with Crippen LogP contribution in [-0.4, -0.2) is 17.1 Å². The summed E-state index contributed by atoms with van der Waals surface area (Å²) in [5.41, 5.74) is 1.15. The normalized spacial score (nSPS) is 10.3. The Morgan fingerprint density at radius 1 is 1.15 bits per heavy atom. The molecule has 0 aliphatic heterocycles. The number of phenolic OH excluding ortho intramolecular Hbond substituents is 1. The van der Waals surface area contributed by atoms with E-state index in [1.54, 1.807) is 30.3 Å². The Kier molecular flexibility index (Phi) is 4.25. The minimum Gasteiger partial charge on any atom is -0.508 e. The van der Waals surface area contributed by atoms with E-state index in [0.717, 1.165) is 0 Å². The lowest BCUT2D eigenvalue weighted by Gasteiger charge is -2.11. The second-order valence-electron chi connectivity index (χ2n) is 4.70. The van der Waals surface area contributed by atoms with Gasteiger partial charge < -0.3 is 15.2 Å². The summed E-state index contributed by atoms with van der Waals surface area (Å²) >= 11 is 0. The van der Waals surface area contributed by atoms with Gasteiger partial charge in [-0.05, 0) is 56.3 Å².